The van der Waals surface area contributed by atoms with E-state index in [-0.39, 0.29) is 5.91 Å². The van der Waals surface area contributed by atoms with Gasteiger partial charge in [-0.1, -0.05) is 31.2 Å². The number of amides is 1. The molecule has 2 atom stereocenters. The first kappa shape index (κ1) is 21.0. The maximum atomic E-state index is 13.3. The lowest BCUT2D eigenvalue weighted by Crippen LogP contribution is -2.53. The van der Waals surface area contributed by atoms with Crippen LogP contribution in [0.4, 0.5) is 0 Å². The van der Waals surface area contributed by atoms with Crippen molar-refractivity contribution < 1.29 is 9.53 Å². The molecular weight excluding hydrogens is 404 g/mol. The van der Waals surface area contributed by atoms with E-state index in [2.05, 4.69) is 22.0 Å². The van der Waals surface area contributed by atoms with Gasteiger partial charge in [0, 0.05) is 24.5 Å². The maximum Gasteiger partial charge on any atom is 0.243 e. The minimum absolute atomic E-state index is 0.123. The van der Waals surface area contributed by atoms with Gasteiger partial charge in [0.2, 0.25) is 11.9 Å². The first-order valence-corrected chi connectivity index (χ1v) is 11.6. The molecule has 0 aliphatic carbocycles. The molecule has 1 N–H and O–H groups in total. The molecule has 1 aromatic heterocycles. The van der Waals surface area contributed by atoms with E-state index >= 15 is 0 Å². The van der Waals surface area contributed by atoms with Crippen molar-refractivity contribution in [1.82, 2.24) is 20.1 Å². The van der Waals surface area contributed by atoms with Crippen molar-refractivity contribution in [3.63, 3.8) is 0 Å². The number of morpholine rings is 1. The number of guanidine groups is 1. The number of hydrogen-bond acceptors (Lipinski definition) is 6. The number of fused-ring (bicyclic) bond motifs is 1. The van der Waals surface area contributed by atoms with Crippen molar-refractivity contribution in [2.24, 2.45) is 9.98 Å². The summed E-state index contributed by atoms with van der Waals surface area (Å²) in [5.74, 6) is 0.400. The second kappa shape index (κ2) is 9.34. The fourth-order valence-corrected chi connectivity index (χ4v) is 4.78. The van der Waals surface area contributed by atoms with Gasteiger partial charge in [0.05, 0.1) is 31.0 Å². The Morgan fingerprint density at radius 3 is 2.84 bits per heavy atom. The Bertz CT molecular complexity index is 1050. The number of ether oxygens (including phenoxy) is 1. The number of benzene rings is 1. The van der Waals surface area contributed by atoms with Crippen LogP contribution in [0.2, 0.25) is 0 Å². The number of aliphatic imine (C=N–C) groups is 2. The van der Waals surface area contributed by atoms with Crippen LogP contribution in [-0.2, 0) is 9.53 Å². The second-order valence-corrected chi connectivity index (χ2v) is 8.51. The van der Waals surface area contributed by atoms with Gasteiger partial charge in [-0.2, -0.15) is 4.99 Å². The zero-order chi connectivity index (χ0) is 21.9. The van der Waals surface area contributed by atoms with Crippen LogP contribution >= 0.6 is 0 Å². The number of likely N-dealkylation sites (tertiary alicyclic amines) is 1. The molecule has 0 saturated carbocycles. The third-order valence-corrected chi connectivity index (χ3v) is 6.57. The average molecular weight is 435 g/mol. The summed E-state index contributed by atoms with van der Waals surface area (Å²) in [5, 5.41) is 4.06. The summed E-state index contributed by atoms with van der Waals surface area (Å²) >= 11 is 0. The molecular formula is C24H30N6O2. The standard InChI is InChI=1S/C24H30N6O2/c1-2-29-11-5-7-18(29)16-25-22-21(20-10-9-17-6-3-4-8-19(17)26-20)23(31)28-24(27-22)30-12-14-32-15-13-30/h3-4,6,8-10,18,21H,2,5,7,11-16H2,1H3,(H,25,27,28,31). The number of amidine groups is 1. The Hall–Kier alpha value is -2.84. The number of rotatable bonds is 4. The van der Waals surface area contributed by atoms with Crippen molar-refractivity contribution in [2.45, 2.75) is 31.7 Å². The van der Waals surface area contributed by atoms with Gasteiger partial charge >= 0.3 is 0 Å². The average Bonchev–Trinajstić information content (AvgIpc) is 3.30. The third kappa shape index (κ3) is 4.25. The number of hydrogen-bond donors (Lipinski definition) is 1. The lowest BCUT2D eigenvalue weighted by atomic mass is 9.99. The molecule has 0 radical (unpaired) electrons. The molecule has 1 amide bonds. The molecule has 168 valence electrons. The quantitative estimate of drug-likeness (QED) is 0.796. The molecule has 1 aromatic carbocycles. The van der Waals surface area contributed by atoms with Crippen LogP contribution in [0.1, 0.15) is 31.4 Å². The molecule has 32 heavy (non-hydrogen) atoms. The van der Waals surface area contributed by atoms with Crippen LogP contribution in [0, 0.1) is 0 Å². The Balaban J connectivity index is 1.50. The third-order valence-electron chi connectivity index (χ3n) is 6.57. The van der Waals surface area contributed by atoms with Gasteiger partial charge in [-0.3, -0.25) is 25.0 Å². The van der Waals surface area contributed by atoms with Gasteiger partial charge in [-0.15, -0.1) is 0 Å². The lowest BCUT2D eigenvalue weighted by molar-refractivity contribution is -0.120. The topological polar surface area (TPSA) is 82.4 Å². The van der Waals surface area contributed by atoms with E-state index < -0.39 is 5.92 Å². The molecule has 5 rings (SSSR count). The van der Waals surface area contributed by atoms with E-state index in [1.54, 1.807) is 0 Å². The number of likely N-dealkylation sites (N-methyl/N-ethyl adjacent to an activating group) is 1. The summed E-state index contributed by atoms with van der Waals surface area (Å²) in [6.45, 7) is 7.65. The van der Waals surface area contributed by atoms with E-state index in [1.807, 2.05) is 36.4 Å². The monoisotopic (exact) mass is 434 g/mol. The SMILES string of the molecule is CCN1CCCC1CN=C1N=C(N2CCOCC2)NC(=O)C1c1ccc2ccccc2n1. The molecule has 3 aliphatic rings. The molecule has 2 aromatic rings. The predicted octanol–water partition coefficient (Wildman–Crippen LogP) is 2.02. The maximum absolute atomic E-state index is 13.3. The van der Waals surface area contributed by atoms with Gasteiger partial charge in [0.1, 0.15) is 11.8 Å². The highest BCUT2D eigenvalue weighted by Gasteiger charge is 2.35. The van der Waals surface area contributed by atoms with E-state index in [9.17, 15) is 4.79 Å². The highest BCUT2D eigenvalue weighted by Crippen LogP contribution is 2.24. The molecule has 8 heteroatoms. The Kier molecular flexibility index (Phi) is 6.14. The second-order valence-electron chi connectivity index (χ2n) is 8.51. The Labute approximate surface area is 188 Å². The number of carbonyl (C=O) groups excluding carboxylic acids is 1. The summed E-state index contributed by atoms with van der Waals surface area (Å²) < 4.78 is 5.46. The largest absolute Gasteiger partial charge is 0.378 e. The highest BCUT2D eigenvalue weighted by atomic mass is 16.5. The lowest BCUT2D eigenvalue weighted by Gasteiger charge is -2.33. The van der Waals surface area contributed by atoms with Gasteiger partial charge in [-0.05, 0) is 38.1 Å². The molecule has 2 unspecified atom stereocenters. The van der Waals surface area contributed by atoms with E-state index in [0.717, 1.165) is 30.4 Å². The number of pyridine rings is 1. The van der Waals surface area contributed by atoms with Crippen molar-refractivity contribution in [3.05, 3.63) is 42.1 Å². The van der Waals surface area contributed by atoms with Crippen molar-refractivity contribution in [1.29, 1.82) is 0 Å². The minimum atomic E-state index is -0.610. The van der Waals surface area contributed by atoms with Crippen LogP contribution < -0.4 is 5.32 Å². The fourth-order valence-electron chi connectivity index (χ4n) is 4.78. The van der Waals surface area contributed by atoms with Crippen LogP contribution in [0.3, 0.4) is 0 Å². The highest BCUT2D eigenvalue weighted by molar-refractivity contribution is 6.20. The van der Waals surface area contributed by atoms with Gasteiger partial charge in [0.25, 0.3) is 0 Å². The summed E-state index contributed by atoms with van der Waals surface area (Å²) in [7, 11) is 0. The molecule has 2 fully saturated rings. The Morgan fingerprint density at radius 2 is 2.00 bits per heavy atom. The predicted molar refractivity (Wildman–Crippen MR) is 125 cm³/mol. The van der Waals surface area contributed by atoms with Crippen molar-refractivity contribution >= 4 is 28.6 Å². The zero-order valence-electron chi connectivity index (χ0n) is 18.5. The number of nitrogens with zero attached hydrogens (tertiary/aromatic N) is 5. The first-order chi connectivity index (χ1) is 15.7. The molecule has 8 nitrogen and oxygen atoms in total. The van der Waals surface area contributed by atoms with Crippen LogP contribution in [-0.4, -0.2) is 84.5 Å². The zero-order valence-corrected chi connectivity index (χ0v) is 18.5. The summed E-state index contributed by atoms with van der Waals surface area (Å²) in [5.41, 5.74) is 1.55. The molecule has 4 heterocycles. The Morgan fingerprint density at radius 1 is 1.16 bits per heavy atom. The number of nitrogens with one attached hydrogen (secondary N) is 1. The molecule has 0 bridgehead atoms. The van der Waals surface area contributed by atoms with Crippen molar-refractivity contribution in [3.8, 4) is 0 Å². The first-order valence-electron chi connectivity index (χ1n) is 11.6. The number of para-hydroxylation sites is 1. The number of aromatic nitrogens is 1. The fraction of sp³-hybridized carbons (Fsp3) is 0.500. The normalized spacial score (nSPS) is 25.9. The van der Waals surface area contributed by atoms with Gasteiger partial charge < -0.3 is 9.64 Å². The van der Waals surface area contributed by atoms with Crippen LogP contribution in [0.25, 0.3) is 10.9 Å². The van der Waals surface area contributed by atoms with E-state index in [4.69, 9.17) is 19.7 Å². The summed E-state index contributed by atoms with van der Waals surface area (Å²) in [6, 6.07) is 12.3. The van der Waals surface area contributed by atoms with Crippen LogP contribution in [0.15, 0.2) is 46.4 Å². The molecule has 3 aliphatic heterocycles. The van der Waals surface area contributed by atoms with Gasteiger partial charge in [-0.25, -0.2) is 0 Å². The number of carbonyl (C=O) groups is 1. The summed E-state index contributed by atoms with van der Waals surface area (Å²) in [6.07, 6.45) is 2.33. The molecule has 0 spiro atoms. The molecule has 2 saturated heterocycles. The van der Waals surface area contributed by atoms with Crippen LogP contribution in [0.5, 0.6) is 0 Å². The van der Waals surface area contributed by atoms with Crippen molar-refractivity contribution in [2.75, 3.05) is 45.9 Å². The van der Waals surface area contributed by atoms with E-state index in [0.29, 0.717) is 56.4 Å². The van der Waals surface area contributed by atoms with E-state index in [1.165, 1.54) is 6.42 Å². The minimum Gasteiger partial charge on any atom is -0.378 e. The van der Waals surface area contributed by atoms with Gasteiger partial charge in [0.15, 0.2) is 0 Å². The summed E-state index contributed by atoms with van der Waals surface area (Å²) in [4.78, 5) is 32.4. The smallest absolute Gasteiger partial charge is 0.243 e.